The van der Waals surface area contributed by atoms with Gasteiger partial charge in [0.05, 0.1) is 0 Å². The van der Waals surface area contributed by atoms with Crippen molar-refractivity contribution < 1.29 is 0 Å². The van der Waals surface area contributed by atoms with Gasteiger partial charge in [-0.3, -0.25) is 0 Å². The van der Waals surface area contributed by atoms with E-state index in [2.05, 4.69) is 68.6 Å². The quantitative estimate of drug-likeness (QED) is 0.864. The summed E-state index contributed by atoms with van der Waals surface area (Å²) in [5.74, 6) is 0. The molecule has 0 bridgehead atoms. The van der Waals surface area contributed by atoms with Crippen LogP contribution in [0.3, 0.4) is 0 Å². The van der Waals surface area contributed by atoms with E-state index in [0.29, 0.717) is 6.04 Å². The van der Waals surface area contributed by atoms with Crippen LogP contribution in [-0.4, -0.2) is 13.1 Å². The van der Waals surface area contributed by atoms with Crippen molar-refractivity contribution in [3.63, 3.8) is 0 Å². The Balaban J connectivity index is 2.25. The van der Waals surface area contributed by atoms with Crippen molar-refractivity contribution >= 4 is 0 Å². The van der Waals surface area contributed by atoms with Crippen LogP contribution in [0.15, 0.2) is 42.5 Å². The van der Waals surface area contributed by atoms with Gasteiger partial charge in [-0.25, -0.2) is 0 Å². The Morgan fingerprint density at radius 2 is 1.68 bits per heavy atom. The molecule has 1 heteroatoms. The second kappa shape index (κ2) is 6.03. The number of hydrogen-bond donors (Lipinski definition) is 1. The van der Waals surface area contributed by atoms with Crippen LogP contribution in [0.2, 0.25) is 0 Å². The van der Waals surface area contributed by atoms with E-state index in [1.54, 1.807) is 0 Å². The minimum absolute atomic E-state index is 0.520. The molecule has 0 saturated heterocycles. The van der Waals surface area contributed by atoms with Crippen molar-refractivity contribution in [2.24, 2.45) is 0 Å². The van der Waals surface area contributed by atoms with E-state index in [1.165, 1.54) is 27.8 Å². The number of likely N-dealkylation sites (N-methyl/N-ethyl adjacent to an activating group) is 1. The van der Waals surface area contributed by atoms with E-state index in [9.17, 15) is 0 Å². The monoisotopic (exact) mass is 253 g/mol. The lowest BCUT2D eigenvalue weighted by molar-refractivity contribution is 0.608. The number of rotatable bonds is 4. The summed E-state index contributed by atoms with van der Waals surface area (Å²) in [6, 6.07) is 16.1. The molecule has 100 valence electrons. The molecule has 0 aliphatic heterocycles. The van der Waals surface area contributed by atoms with Gasteiger partial charge in [-0.15, -0.1) is 0 Å². The molecule has 19 heavy (non-hydrogen) atoms. The summed E-state index contributed by atoms with van der Waals surface area (Å²) in [5.41, 5.74) is 6.68. The highest BCUT2D eigenvalue weighted by Crippen LogP contribution is 2.25. The van der Waals surface area contributed by atoms with Crippen molar-refractivity contribution in [3.8, 4) is 11.1 Å². The highest BCUT2D eigenvalue weighted by molar-refractivity contribution is 5.68. The van der Waals surface area contributed by atoms with Crippen molar-refractivity contribution in [3.05, 3.63) is 59.2 Å². The first-order valence-electron chi connectivity index (χ1n) is 6.94. The van der Waals surface area contributed by atoms with Crippen molar-refractivity contribution in [1.29, 1.82) is 0 Å². The number of aryl methyl sites for hydroxylation is 2. The van der Waals surface area contributed by atoms with Crippen LogP contribution in [0.5, 0.6) is 0 Å². The second-order valence-electron chi connectivity index (χ2n) is 5.41. The maximum Gasteiger partial charge on any atom is 0.00761 e. The van der Waals surface area contributed by atoms with Crippen LogP contribution >= 0.6 is 0 Å². The zero-order valence-electron chi connectivity index (χ0n) is 12.3. The Morgan fingerprint density at radius 1 is 1.00 bits per heavy atom. The first-order chi connectivity index (χ1) is 9.10. The average Bonchev–Trinajstić information content (AvgIpc) is 2.42. The third kappa shape index (κ3) is 3.45. The first-order valence-corrected chi connectivity index (χ1v) is 6.94. The third-order valence-corrected chi connectivity index (χ3v) is 3.69. The number of nitrogens with one attached hydrogen (secondary N) is 1. The van der Waals surface area contributed by atoms with Crippen LogP contribution in [0.4, 0.5) is 0 Å². The lowest BCUT2D eigenvalue weighted by atomic mass is 9.96. The molecular formula is C18H23N. The van der Waals surface area contributed by atoms with Crippen molar-refractivity contribution in [2.75, 3.05) is 7.05 Å². The summed E-state index contributed by atoms with van der Waals surface area (Å²) in [7, 11) is 2.01. The zero-order chi connectivity index (χ0) is 13.8. The van der Waals surface area contributed by atoms with Gasteiger partial charge in [0.1, 0.15) is 0 Å². The molecule has 0 spiro atoms. The molecule has 0 saturated carbocycles. The molecule has 0 aliphatic rings. The summed E-state index contributed by atoms with van der Waals surface area (Å²) in [6.45, 7) is 6.52. The van der Waals surface area contributed by atoms with Gasteiger partial charge in [-0.2, -0.15) is 0 Å². The van der Waals surface area contributed by atoms with Gasteiger partial charge in [0.2, 0.25) is 0 Å². The van der Waals surface area contributed by atoms with Crippen LogP contribution in [0, 0.1) is 13.8 Å². The number of benzene rings is 2. The largest absolute Gasteiger partial charge is 0.317 e. The standard InChI is InChI=1S/C18H23N/c1-13-5-6-14(2)18(11-13)17-9-7-16(8-10-17)12-15(3)19-4/h5-11,15,19H,12H2,1-4H3. The summed E-state index contributed by atoms with van der Waals surface area (Å²) in [5, 5.41) is 3.28. The molecule has 0 fully saturated rings. The van der Waals surface area contributed by atoms with Gasteiger partial charge in [0.15, 0.2) is 0 Å². The molecule has 0 amide bonds. The molecule has 1 nitrogen and oxygen atoms in total. The highest BCUT2D eigenvalue weighted by Gasteiger charge is 2.04. The topological polar surface area (TPSA) is 12.0 Å². The minimum Gasteiger partial charge on any atom is -0.317 e. The molecule has 0 radical (unpaired) electrons. The molecule has 0 heterocycles. The summed E-state index contributed by atoms with van der Waals surface area (Å²) < 4.78 is 0. The molecule has 0 aliphatic carbocycles. The van der Waals surface area contributed by atoms with Gasteiger partial charge in [-0.1, -0.05) is 48.0 Å². The van der Waals surface area contributed by atoms with Crippen LogP contribution in [-0.2, 0) is 6.42 Å². The fraction of sp³-hybridized carbons (Fsp3) is 0.333. The molecule has 1 N–H and O–H groups in total. The van der Waals surface area contributed by atoms with Gasteiger partial charge in [0.25, 0.3) is 0 Å². The lowest BCUT2D eigenvalue weighted by Gasteiger charge is -2.11. The number of hydrogen-bond acceptors (Lipinski definition) is 1. The van der Waals surface area contributed by atoms with Gasteiger partial charge < -0.3 is 5.32 Å². The lowest BCUT2D eigenvalue weighted by Crippen LogP contribution is -2.23. The Hall–Kier alpha value is -1.60. The normalized spacial score (nSPS) is 12.4. The molecule has 2 aromatic carbocycles. The molecule has 2 rings (SSSR count). The minimum atomic E-state index is 0.520. The predicted molar refractivity (Wildman–Crippen MR) is 83.6 cm³/mol. The average molecular weight is 253 g/mol. The highest BCUT2D eigenvalue weighted by atomic mass is 14.8. The molecule has 1 unspecified atom stereocenters. The fourth-order valence-electron chi connectivity index (χ4n) is 2.32. The molecule has 0 aromatic heterocycles. The summed E-state index contributed by atoms with van der Waals surface area (Å²) in [4.78, 5) is 0. The predicted octanol–water partition coefficient (Wildman–Crippen LogP) is 4.12. The van der Waals surface area contributed by atoms with Crippen molar-refractivity contribution in [2.45, 2.75) is 33.2 Å². The van der Waals surface area contributed by atoms with Crippen LogP contribution in [0.1, 0.15) is 23.6 Å². The molecule has 2 aromatic rings. The van der Waals surface area contributed by atoms with Crippen LogP contribution in [0.25, 0.3) is 11.1 Å². The fourth-order valence-corrected chi connectivity index (χ4v) is 2.32. The van der Waals surface area contributed by atoms with Gasteiger partial charge >= 0.3 is 0 Å². The smallest absolute Gasteiger partial charge is 0.00761 e. The third-order valence-electron chi connectivity index (χ3n) is 3.69. The van der Waals surface area contributed by atoms with E-state index in [0.717, 1.165) is 6.42 Å². The summed E-state index contributed by atoms with van der Waals surface area (Å²) >= 11 is 0. The Bertz CT molecular complexity index is 540. The first kappa shape index (κ1) is 13.8. The maximum atomic E-state index is 3.28. The molecule has 1 atom stereocenters. The SMILES string of the molecule is CNC(C)Cc1ccc(-c2cc(C)ccc2C)cc1. The van der Waals surface area contributed by atoms with Gasteiger partial charge in [-0.05, 0) is 56.5 Å². The zero-order valence-corrected chi connectivity index (χ0v) is 12.3. The Kier molecular flexibility index (Phi) is 4.39. The molecular weight excluding hydrogens is 230 g/mol. The van der Waals surface area contributed by atoms with E-state index in [-0.39, 0.29) is 0 Å². The van der Waals surface area contributed by atoms with E-state index in [4.69, 9.17) is 0 Å². The maximum absolute atomic E-state index is 3.28. The summed E-state index contributed by atoms with van der Waals surface area (Å²) in [6.07, 6.45) is 1.07. The van der Waals surface area contributed by atoms with Crippen LogP contribution < -0.4 is 5.32 Å². The van der Waals surface area contributed by atoms with Gasteiger partial charge in [0, 0.05) is 6.04 Å². The Labute approximate surface area is 116 Å². The van der Waals surface area contributed by atoms with E-state index < -0.39 is 0 Å². The Morgan fingerprint density at radius 3 is 2.32 bits per heavy atom. The van der Waals surface area contributed by atoms with E-state index in [1.807, 2.05) is 7.05 Å². The second-order valence-corrected chi connectivity index (χ2v) is 5.41. The van der Waals surface area contributed by atoms with Crippen molar-refractivity contribution in [1.82, 2.24) is 5.32 Å². The van der Waals surface area contributed by atoms with E-state index >= 15 is 0 Å².